The van der Waals surface area contributed by atoms with Crippen molar-refractivity contribution in [2.75, 3.05) is 5.88 Å². The highest BCUT2D eigenvalue weighted by Gasteiger charge is 2.17. The van der Waals surface area contributed by atoms with E-state index in [0.717, 1.165) is 19.3 Å². The van der Waals surface area contributed by atoms with Crippen molar-refractivity contribution < 1.29 is 4.79 Å². The normalized spacial score (nSPS) is 14.1. The van der Waals surface area contributed by atoms with Gasteiger partial charge in [0.1, 0.15) is 0 Å². The zero-order valence-corrected chi connectivity index (χ0v) is 9.16. The third-order valence-electron chi connectivity index (χ3n) is 2.60. The zero-order valence-electron chi connectivity index (χ0n) is 7.65. The number of carbonyl (C=O) groups excluding carboxylic acids is 1. The van der Waals surface area contributed by atoms with Gasteiger partial charge < -0.3 is 0 Å². The zero-order chi connectivity index (χ0) is 10.1. The Kier molecular flexibility index (Phi) is 2.80. The van der Waals surface area contributed by atoms with Crippen LogP contribution in [0.3, 0.4) is 0 Å². The number of carbonyl (C=O) groups is 1. The summed E-state index contributed by atoms with van der Waals surface area (Å²) in [7, 11) is 0. The highest BCUT2D eigenvalue weighted by molar-refractivity contribution is 6.33. The van der Waals surface area contributed by atoms with E-state index >= 15 is 0 Å². The third-order valence-corrected chi connectivity index (χ3v) is 3.18. The Balaban J connectivity index is 2.46. The molecule has 0 spiro atoms. The minimum atomic E-state index is -0.0525. The molecular weight excluding hydrogens is 219 g/mol. The summed E-state index contributed by atoms with van der Waals surface area (Å²) in [5.41, 5.74) is 3.06. The maximum atomic E-state index is 11.4. The van der Waals surface area contributed by atoms with E-state index in [-0.39, 0.29) is 11.7 Å². The number of Topliss-reactive ketones (excluding diaryl/α,β-unsaturated/α-hetero) is 1. The summed E-state index contributed by atoms with van der Waals surface area (Å²) < 4.78 is 0. The van der Waals surface area contributed by atoms with E-state index in [1.807, 2.05) is 6.07 Å². The van der Waals surface area contributed by atoms with Crippen LogP contribution in [0.1, 0.15) is 27.9 Å². The second kappa shape index (κ2) is 3.92. The Labute approximate surface area is 93.0 Å². The number of fused-ring (bicyclic) bond motifs is 1. The van der Waals surface area contributed by atoms with E-state index in [0.29, 0.717) is 10.6 Å². The standard InChI is InChI=1S/C11H10Cl2O/c12-6-11(14)8-4-7-2-1-3-9(7)10(13)5-8/h4-5H,1-3,6H2. The first kappa shape index (κ1) is 10.0. The first-order valence-corrected chi connectivity index (χ1v) is 5.54. The lowest BCUT2D eigenvalue weighted by molar-refractivity contribution is 0.102. The molecule has 0 aromatic heterocycles. The summed E-state index contributed by atoms with van der Waals surface area (Å²) in [5.74, 6) is -0.0296. The van der Waals surface area contributed by atoms with Crippen molar-refractivity contribution in [2.45, 2.75) is 19.3 Å². The summed E-state index contributed by atoms with van der Waals surface area (Å²) in [4.78, 5) is 11.4. The highest BCUT2D eigenvalue weighted by Crippen LogP contribution is 2.30. The maximum Gasteiger partial charge on any atom is 0.177 e. The fourth-order valence-corrected chi connectivity index (χ4v) is 2.38. The second-order valence-electron chi connectivity index (χ2n) is 3.51. The van der Waals surface area contributed by atoms with Gasteiger partial charge in [0.05, 0.1) is 5.88 Å². The molecule has 0 amide bonds. The van der Waals surface area contributed by atoms with Gasteiger partial charge >= 0.3 is 0 Å². The molecule has 14 heavy (non-hydrogen) atoms. The van der Waals surface area contributed by atoms with E-state index in [1.54, 1.807) is 6.07 Å². The summed E-state index contributed by atoms with van der Waals surface area (Å²) >= 11 is 11.6. The predicted octanol–water partition coefficient (Wildman–Crippen LogP) is 3.25. The molecule has 0 fully saturated rings. The molecule has 74 valence electrons. The van der Waals surface area contributed by atoms with Crippen molar-refractivity contribution in [1.29, 1.82) is 0 Å². The largest absolute Gasteiger partial charge is 0.293 e. The Hall–Kier alpha value is -0.530. The molecule has 0 unspecified atom stereocenters. The van der Waals surface area contributed by atoms with Gasteiger partial charge in [0.25, 0.3) is 0 Å². The van der Waals surface area contributed by atoms with E-state index in [9.17, 15) is 4.79 Å². The number of rotatable bonds is 2. The number of ketones is 1. The van der Waals surface area contributed by atoms with Crippen molar-refractivity contribution in [3.8, 4) is 0 Å². The van der Waals surface area contributed by atoms with Gasteiger partial charge in [-0.1, -0.05) is 11.6 Å². The Morgan fingerprint density at radius 3 is 2.86 bits per heavy atom. The van der Waals surface area contributed by atoms with Crippen LogP contribution in [0.15, 0.2) is 12.1 Å². The lowest BCUT2D eigenvalue weighted by Gasteiger charge is -2.05. The average Bonchev–Trinajstić information content (AvgIpc) is 2.64. The summed E-state index contributed by atoms with van der Waals surface area (Å²) in [6.45, 7) is 0. The topological polar surface area (TPSA) is 17.1 Å². The molecule has 0 aliphatic heterocycles. The van der Waals surface area contributed by atoms with Crippen molar-refractivity contribution in [3.63, 3.8) is 0 Å². The summed E-state index contributed by atoms with van der Waals surface area (Å²) in [5, 5.41) is 0.716. The number of aryl methyl sites for hydroxylation is 1. The minimum Gasteiger partial charge on any atom is -0.293 e. The van der Waals surface area contributed by atoms with Gasteiger partial charge in [-0.25, -0.2) is 0 Å². The molecule has 0 heterocycles. The van der Waals surface area contributed by atoms with Crippen LogP contribution >= 0.6 is 23.2 Å². The summed E-state index contributed by atoms with van der Waals surface area (Å²) in [6.07, 6.45) is 3.19. The SMILES string of the molecule is O=C(CCl)c1cc(Cl)c2c(c1)CCC2. The van der Waals surface area contributed by atoms with E-state index in [1.165, 1.54) is 11.1 Å². The van der Waals surface area contributed by atoms with Crippen LogP contribution in [0.2, 0.25) is 5.02 Å². The van der Waals surface area contributed by atoms with Crippen LogP contribution < -0.4 is 0 Å². The molecule has 3 heteroatoms. The third kappa shape index (κ3) is 1.67. The van der Waals surface area contributed by atoms with Gasteiger partial charge in [-0.15, -0.1) is 11.6 Å². The second-order valence-corrected chi connectivity index (χ2v) is 4.18. The fraction of sp³-hybridized carbons (Fsp3) is 0.364. The van der Waals surface area contributed by atoms with Crippen molar-refractivity contribution >= 4 is 29.0 Å². The van der Waals surface area contributed by atoms with Crippen molar-refractivity contribution in [1.82, 2.24) is 0 Å². The molecule has 0 radical (unpaired) electrons. The number of benzene rings is 1. The van der Waals surface area contributed by atoms with Gasteiger partial charge in [-0.05, 0) is 42.5 Å². The molecule has 1 aliphatic rings. The number of alkyl halides is 1. The minimum absolute atomic E-state index is 0.0229. The molecule has 0 atom stereocenters. The highest BCUT2D eigenvalue weighted by atomic mass is 35.5. The Bertz CT molecular complexity index is 385. The number of hydrogen-bond acceptors (Lipinski definition) is 1. The lowest BCUT2D eigenvalue weighted by atomic mass is 10.0. The van der Waals surface area contributed by atoms with Crippen molar-refractivity contribution in [2.24, 2.45) is 0 Å². The van der Waals surface area contributed by atoms with Crippen LogP contribution in [0.4, 0.5) is 0 Å². The van der Waals surface area contributed by atoms with Crippen LogP contribution in [0.25, 0.3) is 0 Å². The monoisotopic (exact) mass is 228 g/mol. The quantitative estimate of drug-likeness (QED) is 0.562. The first-order valence-electron chi connectivity index (χ1n) is 4.63. The summed E-state index contributed by atoms with van der Waals surface area (Å²) in [6, 6.07) is 3.66. The molecule has 1 nitrogen and oxygen atoms in total. The first-order chi connectivity index (χ1) is 6.72. The van der Waals surface area contributed by atoms with Crippen LogP contribution in [0.5, 0.6) is 0 Å². The molecule has 2 rings (SSSR count). The molecular formula is C11H10Cl2O. The van der Waals surface area contributed by atoms with E-state index < -0.39 is 0 Å². The molecule has 0 saturated heterocycles. The molecule has 0 bridgehead atoms. The smallest absolute Gasteiger partial charge is 0.177 e. The predicted molar refractivity (Wildman–Crippen MR) is 58.5 cm³/mol. The maximum absolute atomic E-state index is 11.4. The van der Waals surface area contributed by atoms with Crippen LogP contribution in [-0.2, 0) is 12.8 Å². The van der Waals surface area contributed by atoms with Crippen LogP contribution in [0, 0.1) is 0 Å². The number of halogens is 2. The molecule has 1 aliphatic carbocycles. The van der Waals surface area contributed by atoms with Gasteiger partial charge in [0, 0.05) is 10.6 Å². The Morgan fingerprint density at radius 2 is 2.14 bits per heavy atom. The molecule has 0 N–H and O–H groups in total. The van der Waals surface area contributed by atoms with E-state index in [4.69, 9.17) is 23.2 Å². The van der Waals surface area contributed by atoms with Crippen molar-refractivity contribution in [3.05, 3.63) is 33.8 Å². The molecule has 0 saturated carbocycles. The fourth-order valence-electron chi connectivity index (χ4n) is 1.89. The van der Waals surface area contributed by atoms with Crippen LogP contribution in [-0.4, -0.2) is 11.7 Å². The number of hydrogen-bond donors (Lipinski definition) is 0. The van der Waals surface area contributed by atoms with Gasteiger partial charge in [0.2, 0.25) is 0 Å². The van der Waals surface area contributed by atoms with Gasteiger partial charge in [0.15, 0.2) is 5.78 Å². The Morgan fingerprint density at radius 1 is 1.36 bits per heavy atom. The lowest BCUT2D eigenvalue weighted by Crippen LogP contribution is -2.01. The molecule has 1 aromatic carbocycles. The average molecular weight is 229 g/mol. The van der Waals surface area contributed by atoms with Gasteiger partial charge in [-0.2, -0.15) is 0 Å². The van der Waals surface area contributed by atoms with Gasteiger partial charge in [-0.3, -0.25) is 4.79 Å². The van der Waals surface area contributed by atoms with E-state index in [2.05, 4.69) is 0 Å². The molecule has 1 aromatic rings.